The molecule has 124 valence electrons. The Balaban J connectivity index is 4.71. The number of aliphatic carboxylic acids is 1. The Morgan fingerprint density at radius 3 is 2.00 bits per heavy atom. The normalized spacial score (nSPS) is 18.7. The predicted octanol–water partition coefficient (Wildman–Crippen LogP) is -4.30. The van der Waals surface area contributed by atoms with Crippen molar-refractivity contribution in [3.05, 3.63) is 0 Å². The summed E-state index contributed by atoms with van der Waals surface area (Å²) in [6, 6.07) is -1.36. The first kappa shape index (κ1) is 19.7. The van der Waals surface area contributed by atoms with Crippen molar-refractivity contribution in [2.75, 3.05) is 6.61 Å². The zero-order valence-electron chi connectivity index (χ0n) is 11.8. The largest absolute Gasteiger partial charge is 0.548 e. The van der Waals surface area contributed by atoms with Crippen LogP contribution in [0.1, 0.15) is 20.3 Å². The predicted molar refractivity (Wildman–Crippen MR) is 67.5 cm³/mol. The van der Waals surface area contributed by atoms with Crippen molar-refractivity contribution in [3.63, 3.8) is 0 Å². The van der Waals surface area contributed by atoms with Gasteiger partial charge in [-0.3, -0.25) is 4.79 Å². The minimum Gasteiger partial charge on any atom is -0.548 e. The van der Waals surface area contributed by atoms with E-state index >= 15 is 0 Å². The van der Waals surface area contributed by atoms with Gasteiger partial charge in [-0.05, 0) is 12.3 Å². The van der Waals surface area contributed by atoms with Gasteiger partial charge in [0.15, 0.2) is 6.10 Å². The standard InChI is InChI=1S/C12H23NO8/c1-5(2)3-6(12(20)21)13-11(19)10(18)9(17)8(16)7(15)4-14/h5-10,14-18H,3-4H2,1-2H3,(H,13,19)(H,20,21)/p-1/t6-,7+,8+,9+,10-/m0/s1. The molecular weight excluding hydrogens is 286 g/mol. The van der Waals surface area contributed by atoms with E-state index in [2.05, 4.69) is 0 Å². The lowest BCUT2D eigenvalue weighted by atomic mass is 10.0. The minimum absolute atomic E-state index is 0.0543. The van der Waals surface area contributed by atoms with Gasteiger partial charge in [0.2, 0.25) is 0 Å². The number of aliphatic hydroxyl groups excluding tert-OH is 5. The average molecular weight is 308 g/mol. The zero-order chi connectivity index (χ0) is 16.7. The fourth-order valence-corrected chi connectivity index (χ4v) is 1.62. The molecule has 0 spiro atoms. The molecule has 0 saturated carbocycles. The van der Waals surface area contributed by atoms with Crippen molar-refractivity contribution in [3.8, 4) is 0 Å². The van der Waals surface area contributed by atoms with Crippen LogP contribution in [-0.2, 0) is 9.59 Å². The van der Waals surface area contributed by atoms with Crippen LogP contribution in [0.15, 0.2) is 0 Å². The summed E-state index contributed by atoms with van der Waals surface area (Å²) in [7, 11) is 0. The molecule has 0 aliphatic carbocycles. The second-order valence-electron chi connectivity index (χ2n) is 5.19. The first-order valence-corrected chi connectivity index (χ1v) is 6.46. The van der Waals surface area contributed by atoms with Gasteiger partial charge in [-0.1, -0.05) is 13.8 Å². The SMILES string of the molecule is CC(C)C[C@H](NC(=O)[C@@H](O)[C@H](O)[C@H](O)[C@H](O)CO)C(=O)[O-]. The molecule has 0 aliphatic heterocycles. The fourth-order valence-electron chi connectivity index (χ4n) is 1.62. The number of carboxylic acid groups (broad SMARTS) is 1. The molecule has 0 fully saturated rings. The number of amides is 1. The molecular formula is C12H22NO8-. The number of hydrogen-bond donors (Lipinski definition) is 6. The van der Waals surface area contributed by atoms with Gasteiger partial charge in [0.05, 0.1) is 18.6 Å². The van der Waals surface area contributed by atoms with Crippen LogP contribution in [0.4, 0.5) is 0 Å². The summed E-state index contributed by atoms with van der Waals surface area (Å²) in [4.78, 5) is 22.5. The summed E-state index contributed by atoms with van der Waals surface area (Å²) >= 11 is 0. The van der Waals surface area contributed by atoms with E-state index in [1.165, 1.54) is 0 Å². The smallest absolute Gasteiger partial charge is 0.252 e. The number of nitrogens with one attached hydrogen (secondary N) is 1. The average Bonchev–Trinajstić information content (AvgIpc) is 2.42. The number of aliphatic hydroxyl groups is 5. The molecule has 0 heterocycles. The Labute approximate surface area is 121 Å². The molecule has 0 unspecified atom stereocenters. The van der Waals surface area contributed by atoms with Gasteiger partial charge in [-0.25, -0.2) is 0 Å². The molecule has 0 aromatic rings. The molecule has 1 amide bonds. The van der Waals surface area contributed by atoms with Crippen molar-refractivity contribution in [1.82, 2.24) is 5.32 Å². The van der Waals surface area contributed by atoms with Gasteiger partial charge < -0.3 is 40.8 Å². The van der Waals surface area contributed by atoms with Gasteiger partial charge in [0, 0.05) is 0 Å². The van der Waals surface area contributed by atoms with E-state index in [1.54, 1.807) is 13.8 Å². The summed E-state index contributed by atoms with van der Waals surface area (Å²) in [6.07, 6.45) is -7.93. The van der Waals surface area contributed by atoms with Gasteiger partial charge >= 0.3 is 0 Å². The van der Waals surface area contributed by atoms with Crippen LogP contribution < -0.4 is 10.4 Å². The Kier molecular flexibility index (Phi) is 8.37. The molecule has 0 saturated heterocycles. The summed E-state index contributed by atoms with van der Waals surface area (Å²) in [5, 5.41) is 58.9. The molecule has 9 heteroatoms. The highest BCUT2D eigenvalue weighted by atomic mass is 16.4. The van der Waals surface area contributed by atoms with Gasteiger partial charge in [0.25, 0.3) is 5.91 Å². The second kappa shape index (κ2) is 8.90. The summed E-state index contributed by atoms with van der Waals surface area (Å²) < 4.78 is 0. The lowest BCUT2D eigenvalue weighted by Crippen LogP contribution is -2.56. The van der Waals surface area contributed by atoms with Crippen molar-refractivity contribution in [2.45, 2.75) is 50.7 Å². The van der Waals surface area contributed by atoms with Gasteiger partial charge in [-0.2, -0.15) is 0 Å². The molecule has 0 rings (SSSR count). The molecule has 5 atom stereocenters. The van der Waals surface area contributed by atoms with Crippen LogP contribution in [-0.4, -0.2) is 74.5 Å². The van der Waals surface area contributed by atoms with Crippen LogP contribution in [0.3, 0.4) is 0 Å². The topological polar surface area (TPSA) is 170 Å². The Morgan fingerprint density at radius 1 is 1.10 bits per heavy atom. The maximum Gasteiger partial charge on any atom is 0.252 e. The van der Waals surface area contributed by atoms with Gasteiger partial charge in [-0.15, -0.1) is 0 Å². The minimum atomic E-state index is -2.17. The Bertz CT molecular complexity index is 348. The van der Waals surface area contributed by atoms with Crippen LogP contribution >= 0.6 is 0 Å². The van der Waals surface area contributed by atoms with E-state index < -0.39 is 48.9 Å². The Hall–Kier alpha value is -1.26. The third-order valence-electron chi connectivity index (χ3n) is 2.83. The number of hydrogen-bond acceptors (Lipinski definition) is 8. The molecule has 9 nitrogen and oxygen atoms in total. The number of carbonyl (C=O) groups is 2. The summed E-state index contributed by atoms with van der Waals surface area (Å²) in [5.74, 6) is -2.85. The lowest BCUT2D eigenvalue weighted by molar-refractivity contribution is -0.308. The van der Waals surface area contributed by atoms with E-state index in [1.807, 2.05) is 5.32 Å². The van der Waals surface area contributed by atoms with Crippen molar-refractivity contribution >= 4 is 11.9 Å². The fraction of sp³-hybridized carbons (Fsp3) is 0.833. The summed E-state index contributed by atoms with van der Waals surface area (Å²) in [6.45, 7) is 2.55. The number of carbonyl (C=O) groups excluding carboxylic acids is 2. The van der Waals surface area contributed by atoms with Crippen LogP contribution in [0.2, 0.25) is 0 Å². The van der Waals surface area contributed by atoms with E-state index in [4.69, 9.17) is 10.2 Å². The van der Waals surface area contributed by atoms with Crippen LogP contribution in [0.25, 0.3) is 0 Å². The molecule has 0 aromatic heterocycles. The highest BCUT2D eigenvalue weighted by molar-refractivity contribution is 5.86. The molecule has 0 bridgehead atoms. The van der Waals surface area contributed by atoms with E-state index in [0.29, 0.717) is 0 Å². The third kappa shape index (κ3) is 6.36. The van der Waals surface area contributed by atoms with Crippen LogP contribution in [0, 0.1) is 5.92 Å². The monoisotopic (exact) mass is 308 g/mol. The highest BCUT2D eigenvalue weighted by Crippen LogP contribution is 2.08. The first-order valence-electron chi connectivity index (χ1n) is 6.46. The molecule has 0 aromatic carbocycles. The van der Waals surface area contributed by atoms with Crippen molar-refractivity contribution < 1.29 is 40.2 Å². The van der Waals surface area contributed by atoms with E-state index in [9.17, 15) is 30.0 Å². The van der Waals surface area contributed by atoms with E-state index in [0.717, 1.165) is 0 Å². The maximum absolute atomic E-state index is 11.6. The second-order valence-corrected chi connectivity index (χ2v) is 5.19. The Morgan fingerprint density at radius 2 is 1.62 bits per heavy atom. The maximum atomic E-state index is 11.6. The van der Waals surface area contributed by atoms with Gasteiger partial charge in [0.1, 0.15) is 18.3 Å². The molecule has 6 N–H and O–H groups in total. The third-order valence-corrected chi connectivity index (χ3v) is 2.83. The summed E-state index contributed by atoms with van der Waals surface area (Å²) in [5.41, 5.74) is 0. The van der Waals surface area contributed by atoms with Crippen LogP contribution in [0.5, 0.6) is 0 Å². The molecule has 0 radical (unpaired) electrons. The quantitative estimate of drug-likeness (QED) is 0.248. The van der Waals surface area contributed by atoms with Crippen molar-refractivity contribution in [2.24, 2.45) is 5.92 Å². The zero-order valence-corrected chi connectivity index (χ0v) is 11.8. The lowest BCUT2D eigenvalue weighted by Gasteiger charge is -2.27. The van der Waals surface area contributed by atoms with E-state index in [-0.39, 0.29) is 12.3 Å². The number of carboxylic acids is 1. The highest BCUT2D eigenvalue weighted by Gasteiger charge is 2.34. The van der Waals surface area contributed by atoms with Crippen molar-refractivity contribution in [1.29, 1.82) is 0 Å². The number of rotatable bonds is 9. The molecule has 21 heavy (non-hydrogen) atoms. The molecule has 0 aliphatic rings. The first-order chi connectivity index (χ1) is 9.61.